The van der Waals surface area contributed by atoms with Crippen LogP contribution in [0.1, 0.15) is 47.3 Å². The first-order valence-corrected chi connectivity index (χ1v) is 13.0. The molecule has 8 nitrogen and oxygen atoms in total. The Labute approximate surface area is 223 Å². The zero-order valence-electron chi connectivity index (χ0n) is 21.3. The summed E-state index contributed by atoms with van der Waals surface area (Å²) in [5, 5.41) is 27.5. The number of ketones is 3. The van der Waals surface area contributed by atoms with Gasteiger partial charge in [-0.05, 0) is 27.7 Å². The average Bonchev–Trinajstić information content (AvgIpc) is 3.46. The Kier molecular flexibility index (Phi) is 6.19. The summed E-state index contributed by atoms with van der Waals surface area (Å²) in [4.78, 5) is 43.9. The van der Waals surface area contributed by atoms with E-state index in [1.54, 1.807) is 25.2 Å². The monoisotopic (exact) mass is 530 g/mol. The summed E-state index contributed by atoms with van der Waals surface area (Å²) >= 11 is 1.54. The zero-order chi connectivity index (χ0) is 27.4. The van der Waals surface area contributed by atoms with Gasteiger partial charge in [-0.2, -0.15) is 0 Å². The van der Waals surface area contributed by atoms with Gasteiger partial charge in [-0.1, -0.05) is 30.3 Å². The molecular weight excluding hydrogens is 504 g/mol. The molecule has 5 rings (SSSR count). The normalized spacial score (nSPS) is 19.4. The van der Waals surface area contributed by atoms with Gasteiger partial charge in [-0.15, -0.1) is 11.3 Å². The van der Waals surface area contributed by atoms with E-state index in [9.17, 15) is 24.6 Å². The molecule has 1 aliphatic carbocycles. The molecule has 1 aliphatic heterocycles. The van der Waals surface area contributed by atoms with Crippen molar-refractivity contribution in [1.29, 1.82) is 0 Å². The van der Waals surface area contributed by atoms with Crippen LogP contribution in [0, 0.1) is 6.92 Å². The van der Waals surface area contributed by atoms with Crippen molar-refractivity contribution in [3.05, 3.63) is 80.5 Å². The molecule has 1 aromatic heterocycles. The summed E-state index contributed by atoms with van der Waals surface area (Å²) in [6, 6.07) is 9.87. The number of hydrogen-bond donors (Lipinski definition) is 3. The third kappa shape index (κ3) is 3.81. The number of phenolic OH excluding ortho intramolecular Hbond substituents is 2. The van der Waals surface area contributed by atoms with Gasteiger partial charge < -0.3 is 20.3 Å². The van der Waals surface area contributed by atoms with E-state index < -0.39 is 28.5 Å². The quantitative estimate of drug-likeness (QED) is 0.241. The number of Topliss-reactive ketones (excluding diaryl/α,β-unsaturated/α-hetero) is 2. The molecule has 0 saturated carbocycles. The molecule has 3 aromatic rings. The minimum Gasteiger partial charge on any atom is -0.507 e. The number of thiazole rings is 1. The van der Waals surface area contributed by atoms with Crippen LogP contribution in [0.15, 0.2) is 58.8 Å². The van der Waals surface area contributed by atoms with Gasteiger partial charge in [0.1, 0.15) is 34.0 Å². The lowest BCUT2D eigenvalue weighted by molar-refractivity contribution is -0.123. The molecule has 2 heterocycles. The van der Waals surface area contributed by atoms with Crippen LogP contribution in [0.5, 0.6) is 17.2 Å². The summed E-state index contributed by atoms with van der Waals surface area (Å²) in [7, 11) is 0. The van der Waals surface area contributed by atoms with Gasteiger partial charge in [0.15, 0.2) is 17.3 Å². The molecule has 0 bridgehead atoms. The highest BCUT2D eigenvalue weighted by atomic mass is 32.1. The molecule has 38 heavy (non-hydrogen) atoms. The van der Waals surface area contributed by atoms with Gasteiger partial charge in [0.05, 0.1) is 21.8 Å². The number of benzene rings is 2. The predicted octanol–water partition coefficient (Wildman–Crippen LogP) is 4.52. The third-order valence-electron chi connectivity index (χ3n) is 7.11. The van der Waals surface area contributed by atoms with E-state index in [-0.39, 0.29) is 39.5 Å². The fourth-order valence-corrected chi connectivity index (χ4v) is 5.78. The lowest BCUT2D eigenvalue weighted by atomic mass is 9.70. The topological polar surface area (TPSA) is 126 Å². The smallest absolute Gasteiger partial charge is 0.194 e. The number of ether oxygens (including phenoxy) is 1. The van der Waals surface area contributed by atoms with Crippen molar-refractivity contribution in [2.45, 2.75) is 39.5 Å². The second-order valence-electron chi connectivity index (χ2n) is 9.56. The van der Waals surface area contributed by atoms with Gasteiger partial charge in [-0.25, -0.2) is 4.98 Å². The maximum Gasteiger partial charge on any atom is 0.194 e. The number of nitrogens with one attached hydrogen (secondary N) is 1. The van der Waals surface area contributed by atoms with E-state index in [1.165, 1.54) is 19.9 Å². The second-order valence-corrected chi connectivity index (χ2v) is 10.5. The van der Waals surface area contributed by atoms with Gasteiger partial charge >= 0.3 is 0 Å². The maximum absolute atomic E-state index is 13.9. The fourth-order valence-electron chi connectivity index (χ4n) is 4.97. The largest absolute Gasteiger partial charge is 0.507 e. The Morgan fingerprint density at radius 2 is 1.84 bits per heavy atom. The second kappa shape index (κ2) is 9.25. The number of carbonyl (C=O) groups excluding carboxylic acids is 3. The first-order chi connectivity index (χ1) is 18.1. The van der Waals surface area contributed by atoms with Crippen LogP contribution in [-0.2, 0) is 21.4 Å². The van der Waals surface area contributed by atoms with Crippen LogP contribution in [-0.4, -0.2) is 39.1 Å². The molecule has 0 radical (unpaired) electrons. The van der Waals surface area contributed by atoms with Crippen molar-refractivity contribution in [1.82, 2.24) is 10.3 Å². The van der Waals surface area contributed by atoms with E-state index in [1.807, 2.05) is 35.7 Å². The van der Waals surface area contributed by atoms with E-state index in [4.69, 9.17) is 4.74 Å². The lowest BCUT2D eigenvalue weighted by Crippen LogP contribution is -2.41. The van der Waals surface area contributed by atoms with Crippen molar-refractivity contribution in [3.8, 4) is 28.5 Å². The highest BCUT2D eigenvalue weighted by molar-refractivity contribution is 7.09. The number of fused-ring (bicyclic) bond motifs is 3. The Morgan fingerprint density at radius 1 is 1.13 bits per heavy atom. The van der Waals surface area contributed by atoms with Gasteiger partial charge in [0.2, 0.25) is 0 Å². The van der Waals surface area contributed by atoms with E-state index >= 15 is 0 Å². The molecule has 0 spiro atoms. The summed E-state index contributed by atoms with van der Waals surface area (Å²) < 4.78 is 5.80. The molecule has 9 heteroatoms. The van der Waals surface area contributed by atoms with Crippen LogP contribution >= 0.6 is 11.3 Å². The molecule has 194 valence electrons. The summed E-state index contributed by atoms with van der Waals surface area (Å²) in [6.07, 6.45) is 1.81. The molecule has 0 saturated heterocycles. The van der Waals surface area contributed by atoms with Crippen molar-refractivity contribution in [2.75, 3.05) is 6.54 Å². The van der Waals surface area contributed by atoms with Crippen molar-refractivity contribution < 1.29 is 29.3 Å². The van der Waals surface area contributed by atoms with Crippen LogP contribution in [0.25, 0.3) is 11.3 Å². The van der Waals surface area contributed by atoms with Gasteiger partial charge in [0.25, 0.3) is 0 Å². The number of allylic oxidation sites excluding steroid dienone is 4. The van der Waals surface area contributed by atoms with Crippen molar-refractivity contribution in [3.63, 3.8) is 0 Å². The third-order valence-corrected chi connectivity index (χ3v) is 8.02. The van der Waals surface area contributed by atoms with Crippen LogP contribution in [0.2, 0.25) is 0 Å². The molecular formula is C29H26N2O6S. The van der Waals surface area contributed by atoms with Crippen molar-refractivity contribution >= 4 is 28.7 Å². The van der Waals surface area contributed by atoms with Gasteiger partial charge in [-0.3, -0.25) is 14.4 Å². The molecule has 0 amide bonds. The minimum atomic E-state index is -1.53. The SMILES string of the molecule is CC(=O)c1c(O)c(C)c(O)c2c1OC1=CC(=O)C(=C(C)NCCc3nc(-c4ccccc4)cs3)C(=O)C12C. The van der Waals surface area contributed by atoms with Crippen LogP contribution < -0.4 is 10.1 Å². The van der Waals surface area contributed by atoms with Crippen LogP contribution in [0.4, 0.5) is 0 Å². The standard InChI is InChI=1S/C29H26N2O6S/c1-14-25(34)23(16(3)32)27-24(26(14)35)29(4)20(37-27)12-19(33)22(28(29)36)15(2)30-11-10-21-31-18(13-38-21)17-8-6-5-7-9-17/h5-9,12-13,30,34-35H,10-11H2,1-4H3. The Bertz CT molecular complexity index is 1580. The zero-order valence-corrected chi connectivity index (χ0v) is 22.2. The average molecular weight is 531 g/mol. The molecule has 2 aliphatic rings. The summed E-state index contributed by atoms with van der Waals surface area (Å²) in [5.41, 5.74) is 0.744. The summed E-state index contributed by atoms with van der Waals surface area (Å²) in [5.74, 6) is -2.43. The molecule has 1 atom stereocenters. The number of aromatic hydroxyl groups is 2. The van der Waals surface area contributed by atoms with Crippen molar-refractivity contribution in [2.24, 2.45) is 0 Å². The molecule has 0 fully saturated rings. The van der Waals surface area contributed by atoms with Gasteiger partial charge in [0, 0.05) is 41.2 Å². The van der Waals surface area contributed by atoms with E-state index in [0.29, 0.717) is 18.7 Å². The first kappa shape index (κ1) is 25.4. The Morgan fingerprint density at radius 3 is 2.53 bits per heavy atom. The van der Waals surface area contributed by atoms with Crippen LogP contribution in [0.3, 0.4) is 0 Å². The molecule has 2 aromatic carbocycles. The number of rotatable bonds is 6. The number of aromatic nitrogens is 1. The number of carbonyl (C=O) groups is 3. The highest BCUT2D eigenvalue weighted by Crippen LogP contribution is 2.57. The number of hydrogen-bond acceptors (Lipinski definition) is 9. The maximum atomic E-state index is 13.9. The minimum absolute atomic E-state index is 0.0121. The Balaban J connectivity index is 1.43. The first-order valence-electron chi connectivity index (χ1n) is 12.1. The Hall–Kier alpha value is -4.24. The fraction of sp³-hybridized carbons (Fsp3) is 0.241. The van der Waals surface area contributed by atoms with E-state index in [2.05, 4.69) is 10.3 Å². The number of phenols is 2. The van der Waals surface area contributed by atoms with E-state index in [0.717, 1.165) is 16.3 Å². The number of nitrogens with zero attached hydrogens (tertiary/aromatic N) is 1. The summed E-state index contributed by atoms with van der Waals surface area (Å²) in [6.45, 7) is 6.36. The molecule has 3 N–H and O–H groups in total. The predicted molar refractivity (Wildman–Crippen MR) is 143 cm³/mol. The lowest BCUT2D eigenvalue weighted by Gasteiger charge is -2.29. The molecule has 1 unspecified atom stereocenters. The highest BCUT2D eigenvalue weighted by Gasteiger charge is 2.56.